The molecule has 4 aromatic rings. The molecule has 5 rings (SSSR count). The van der Waals surface area contributed by atoms with Crippen molar-refractivity contribution in [2.75, 3.05) is 7.11 Å². The summed E-state index contributed by atoms with van der Waals surface area (Å²) in [5.41, 5.74) is 0.744. The lowest BCUT2D eigenvalue weighted by Crippen LogP contribution is -2.11. The third kappa shape index (κ3) is 4.31. The molecule has 2 aromatic carbocycles. The van der Waals surface area contributed by atoms with Gasteiger partial charge in [0.25, 0.3) is 5.89 Å². The van der Waals surface area contributed by atoms with E-state index >= 15 is 0 Å². The third-order valence-electron chi connectivity index (χ3n) is 5.13. The van der Waals surface area contributed by atoms with Gasteiger partial charge in [-0.25, -0.2) is 0 Å². The van der Waals surface area contributed by atoms with Gasteiger partial charge in [-0.05, 0) is 55.3 Å². The molecule has 2 aromatic heterocycles. The van der Waals surface area contributed by atoms with Crippen molar-refractivity contribution in [3.05, 3.63) is 71.0 Å². The summed E-state index contributed by atoms with van der Waals surface area (Å²) < 4.78 is 18.6. The summed E-state index contributed by atoms with van der Waals surface area (Å²) in [6.07, 6.45) is 2.11. The molecular weight excluding hydrogens is 450 g/mol. The van der Waals surface area contributed by atoms with Gasteiger partial charge in [-0.2, -0.15) is 17.6 Å². The molecule has 1 atom stereocenters. The fraction of sp³-hybridized carbons (Fsp3) is 0.273. The smallest absolute Gasteiger partial charge is 0.258 e. The number of hydrogen-bond acceptors (Lipinski definition) is 8. The summed E-state index contributed by atoms with van der Waals surface area (Å²) in [6.45, 7) is 0.288. The molecule has 0 aliphatic heterocycles. The highest BCUT2D eigenvalue weighted by atomic mass is 35.5. The minimum Gasteiger partial charge on any atom is -0.497 e. The van der Waals surface area contributed by atoms with E-state index in [0.717, 1.165) is 35.7 Å². The quantitative estimate of drug-likeness (QED) is 0.366. The van der Waals surface area contributed by atoms with Crippen LogP contribution in [0.3, 0.4) is 0 Å². The Morgan fingerprint density at radius 1 is 1.16 bits per heavy atom. The van der Waals surface area contributed by atoms with Gasteiger partial charge >= 0.3 is 0 Å². The number of hydrogen-bond donors (Lipinski definition) is 1. The first-order valence-corrected chi connectivity index (χ1v) is 11.0. The molecule has 1 aliphatic rings. The summed E-state index contributed by atoms with van der Waals surface area (Å²) >= 11 is 10.8. The Balaban J connectivity index is 1.36. The van der Waals surface area contributed by atoms with E-state index in [1.165, 1.54) is 0 Å². The molecule has 0 radical (unpaired) electrons. The normalized spacial score (nSPS) is 14.3. The van der Waals surface area contributed by atoms with Crippen molar-refractivity contribution in [3.8, 4) is 23.0 Å². The van der Waals surface area contributed by atoms with Gasteiger partial charge in [-0.1, -0.05) is 22.8 Å². The number of methoxy groups -OCH3 is 1. The van der Waals surface area contributed by atoms with E-state index in [1.807, 2.05) is 36.4 Å². The van der Waals surface area contributed by atoms with E-state index in [2.05, 4.69) is 24.9 Å². The molecule has 0 spiro atoms. The van der Waals surface area contributed by atoms with Gasteiger partial charge < -0.3 is 18.6 Å². The molecule has 2 heterocycles. The van der Waals surface area contributed by atoms with Crippen LogP contribution in [0.4, 0.5) is 0 Å². The summed E-state index contributed by atoms with van der Waals surface area (Å²) in [4.78, 5) is 4.50. The van der Waals surface area contributed by atoms with Crippen LogP contribution in [0.1, 0.15) is 41.6 Å². The molecule has 10 heteroatoms. The standard InChI is InChI=1S/C22H20ClN5O3S/c1-29-16-7-9-17(10-8-16)30-12-18-25-26-21(28(18)15-5-6-15)19(32)20-24-22(31-27-20)13-3-2-4-14(23)11-13/h2-4,7-11,15,19,32H,5-6,12H2,1H3. The summed E-state index contributed by atoms with van der Waals surface area (Å²) in [7, 11) is 1.63. The van der Waals surface area contributed by atoms with Crippen LogP contribution in [0.5, 0.6) is 11.5 Å². The van der Waals surface area contributed by atoms with Gasteiger partial charge in [0.1, 0.15) is 23.4 Å². The highest BCUT2D eigenvalue weighted by Gasteiger charge is 2.33. The topological polar surface area (TPSA) is 88.1 Å². The van der Waals surface area contributed by atoms with Crippen molar-refractivity contribution in [1.82, 2.24) is 24.9 Å². The number of halogens is 1. The highest BCUT2D eigenvalue weighted by molar-refractivity contribution is 7.80. The van der Waals surface area contributed by atoms with E-state index in [4.69, 9.17) is 38.2 Å². The maximum atomic E-state index is 6.07. The Morgan fingerprint density at radius 3 is 2.66 bits per heavy atom. The van der Waals surface area contributed by atoms with Crippen molar-refractivity contribution in [1.29, 1.82) is 0 Å². The minimum atomic E-state index is -0.491. The first kappa shape index (κ1) is 20.8. The number of benzene rings is 2. The lowest BCUT2D eigenvalue weighted by atomic mass is 10.2. The molecular formula is C22H20ClN5O3S. The van der Waals surface area contributed by atoms with Gasteiger partial charge in [-0.15, -0.1) is 10.2 Å². The molecule has 0 saturated heterocycles. The molecule has 1 unspecified atom stereocenters. The predicted molar refractivity (Wildman–Crippen MR) is 121 cm³/mol. The molecule has 1 aliphatic carbocycles. The maximum absolute atomic E-state index is 6.07. The van der Waals surface area contributed by atoms with Gasteiger partial charge in [0.15, 0.2) is 17.5 Å². The van der Waals surface area contributed by atoms with E-state index < -0.39 is 5.25 Å². The first-order valence-electron chi connectivity index (χ1n) is 10.1. The van der Waals surface area contributed by atoms with Crippen LogP contribution in [0.15, 0.2) is 53.1 Å². The number of aromatic nitrogens is 5. The average Bonchev–Trinajstić information content (AvgIpc) is 3.37. The van der Waals surface area contributed by atoms with Crippen LogP contribution in [-0.2, 0) is 6.61 Å². The second-order valence-corrected chi connectivity index (χ2v) is 8.36. The molecule has 0 bridgehead atoms. The summed E-state index contributed by atoms with van der Waals surface area (Å²) in [6, 6.07) is 15.0. The molecule has 32 heavy (non-hydrogen) atoms. The highest BCUT2D eigenvalue weighted by Crippen LogP contribution is 2.40. The van der Waals surface area contributed by atoms with Crippen LogP contribution in [0.2, 0.25) is 5.02 Å². The zero-order chi connectivity index (χ0) is 22.1. The third-order valence-corrected chi connectivity index (χ3v) is 5.83. The number of thiol groups is 1. The number of nitrogens with zero attached hydrogens (tertiary/aromatic N) is 5. The Labute approximate surface area is 194 Å². The molecule has 164 valence electrons. The Bertz CT molecular complexity index is 1220. The number of ether oxygens (including phenoxy) is 2. The Kier molecular flexibility index (Phi) is 5.75. The Hall–Kier alpha value is -3.04. The van der Waals surface area contributed by atoms with Gasteiger partial charge in [0.05, 0.1) is 7.11 Å². The van der Waals surface area contributed by atoms with Crippen LogP contribution < -0.4 is 9.47 Å². The SMILES string of the molecule is COc1ccc(OCc2nnc(C(S)c3noc(-c4cccc(Cl)c4)n3)n2C2CC2)cc1. The molecule has 1 saturated carbocycles. The van der Waals surface area contributed by atoms with Gasteiger partial charge in [0.2, 0.25) is 0 Å². The van der Waals surface area contributed by atoms with E-state index in [1.54, 1.807) is 19.2 Å². The second-order valence-electron chi connectivity index (χ2n) is 7.41. The Morgan fingerprint density at radius 2 is 1.94 bits per heavy atom. The minimum absolute atomic E-state index is 0.288. The fourth-order valence-corrected chi connectivity index (χ4v) is 3.84. The number of rotatable bonds is 8. The molecule has 8 nitrogen and oxygen atoms in total. The van der Waals surface area contributed by atoms with Crippen LogP contribution in [0.25, 0.3) is 11.5 Å². The maximum Gasteiger partial charge on any atom is 0.258 e. The van der Waals surface area contributed by atoms with Crippen LogP contribution >= 0.6 is 24.2 Å². The monoisotopic (exact) mass is 469 g/mol. The second kappa shape index (κ2) is 8.84. The zero-order valence-corrected chi connectivity index (χ0v) is 18.8. The fourth-order valence-electron chi connectivity index (χ4n) is 3.37. The molecule has 0 amide bonds. The van der Waals surface area contributed by atoms with Crippen molar-refractivity contribution in [2.45, 2.75) is 30.7 Å². The van der Waals surface area contributed by atoms with Gasteiger partial charge in [-0.3, -0.25) is 0 Å². The van der Waals surface area contributed by atoms with E-state index in [-0.39, 0.29) is 6.61 Å². The van der Waals surface area contributed by atoms with Crippen LogP contribution in [-0.4, -0.2) is 32.0 Å². The predicted octanol–water partition coefficient (Wildman–Crippen LogP) is 4.92. The van der Waals surface area contributed by atoms with E-state index in [9.17, 15) is 0 Å². The lowest BCUT2D eigenvalue weighted by Gasteiger charge is -2.12. The lowest BCUT2D eigenvalue weighted by molar-refractivity contribution is 0.288. The van der Waals surface area contributed by atoms with Crippen molar-refractivity contribution < 1.29 is 14.0 Å². The average molecular weight is 470 g/mol. The van der Waals surface area contributed by atoms with Crippen LogP contribution in [0, 0.1) is 0 Å². The van der Waals surface area contributed by atoms with Gasteiger partial charge in [0, 0.05) is 16.6 Å². The van der Waals surface area contributed by atoms with E-state index in [0.29, 0.717) is 28.6 Å². The summed E-state index contributed by atoms with van der Waals surface area (Å²) in [5.74, 6) is 3.70. The van der Waals surface area contributed by atoms with Crippen molar-refractivity contribution in [3.63, 3.8) is 0 Å². The first-order chi connectivity index (χ1) is 15.6. The zero-order valence-electron chi connectivity index (χ0n) is 17.2. The largest absolute Gasteiger partial charge is 0.497 e. The van der Waals surface area contributed by atoms with Crippen molar-refractivity contribution >= 4 is 24.2 Å². The van der Waals surface area contributed by atoms with Crippen molar-refractivity contribution in [2.24, 2.45) is 0 Å². The summed E-state index contributed by atoms with van der Waals surface area (Å²) in [5, 5.41) is 13.0. The molecule has 0 N–H and O–H groups in total. The molecule has 1 fully saturated rings.